The zero-order valence-electron chi connectivity index (χ0n) is 12.1. The minimum Gasteiger partial charge on any atom is -0.385 e. The Morgan fingerprint density at radius 1 is 1.17 bits per heavy atom. The molecule has 1 amide bonds. The van der Waals surface area contributed by atoms with Gasteiger partial charge in [-0.3, -0.25) is 4.79 Å². The fourth-order valence-corrected chi connectivity index (χ4v) is 1.65. The van der Waals surface area contributed by atoms with Crippen molar-refractivity contribution in [2.75, 3.05) is 11.9 Å². The number of hydrogen-bond donors (Lipinski definition) is 2. The minimum absolute atomic E-state index is 0.0823. The molecule has 100 valence electrons. The summed E-state index contributed by atoms with van der Waals surface area (Å²) in [5.74, 6) is 0.0823. The number of amides is 1. The van der Waals surface area contributed by atoms with E-state index in [9.17, 15) is 4.79 Å². The van der Waals surface area contributed by atoms with Gasteiger partial charge in [-0.2, -0.15) is 0 Å². The van der Waals surface area contributed by atoms with Crippen LogP contribution in [0.1, 0.15) is 38.3 Å². The topological polar surface area (TPSA) is 41.1 Å². The maximum Gasteiger partial charge on any atom is 0.222 e. The van der Waals surface area contributed by atoms with Gasteiger partial charge in [-0.05, 0) is 57.9 Å². The van der Waals surface area contributed by atoms with E-state index in [1.807, 2.05) is 26.8 Å². The van der Waals surface area contributed by atoms with Crippen LogP contribution in [-0.2, 0) is 4.79 Å². The zero-order valence-corrected chi connectivity index (χ0v) is 12.1. The second-order valence-corrected chi connectivity index (χ2v) is 5.77. The maximum absolute atomic E-state index is 11.6. The van der Waals surface area contributed by atoms with Crippen molar-refractivity contribution in [3.63, 3.8) is 0 Å². The highest BCUT2D eigenvalue weighted by molar-refractivity contribution is 5.77. The summed E-state index contributed by atoms with van der Waals surface area (Å²) in [6, 6.07) is 6.24. The number of carbonyl (C=O) groups excluding carboxylic acids is 1. The van der Waals surface area contributed by atoms with E-state index in [0.29, 0.717) is 13.0 Å². The molecule has 0 aromatic heterocycles. The number of nitrogens with one attached hydrogen (secondary N) is 2. The van der Waals surface area contributed by atoms with Gasteiger partial charge in [-0.25, -0.2) is 0 Å². The van der Waals surface area contributed by atoms with Gasteiger partial charge in [0.2, 0.25) is 5.91 Å². The number of benzene rings is 1. The Bertz CT molecular complexity index is 419. The highest BCUT2D eigenvalue weighted by Gasteiger charge is 2.12. The normalized spacial score (nSPS) is 11.2. The fraction of sp³-hybridized carbons (Fsp3) is 0.533. The molecule has 0 aliphatic heterocycles. The van der Waals surface area contributed by atoms with Crippen molar-refractivity contribution in [3.8, 4) is 0 Å². The highest BCUT2D eigenvalue weighted by atomic mass is 16.1. The summed E-state index contributed by atoms with van der Waals surface area (Å²) in [5, 5.41) is 6.22. The van der Waals surface area contributed by atoms with Crippen molar-refractivity contribution in [2.45, 2.75) is 46.6 Å². The van der Waals surface area contributed by atoms with Gasteiger partial charge in [0.15, 0.2) is 0 Å². The van der Waals surface area contributed by atoms with Gasteiger partial charge in [0, 0.05) is 24.2 Å². The van der Waals surface area contributed by atoms with Gasteiger partial charge in [0.25, 0.3) is 0 Å². The molecule has 0 spiro atoms. The van der Waals surface area contributed by atoms with E-state index in [1.165, 1.54) is 11.1 Å². The van der Waals surface area contributed by atoms with Crippen molar-refractivity contribution >= 4 is 11.6 Å². The van der Waals surface area contributed by atoms with Crippen LogP contribution < -0.4 is 10.6 Å². The molecule has 1 rings (SSSR count). The lowest BCUT2D eigenvalue weighted by atomic mass is 10.1. The van der Waals surface area contributed by atoms with Gasteiger partial charge >= 0.3 is 0 Å². The number of aryl methyl sites for hydroxylation is 2. The Kier molecular flexibility index (Phi) is 4.76. The molecule has 0 aliphatic rings. The van der Waals surface area contributed by atoms with E-state index < -0.39 is 0 Å². The Morgan fingerprint density at radius 2 is 1.83 bits per heavy atom. The third-order valence-corrected chi connectivity index (χ3v) is 2.70. The van der Waals surface area contributed by atoms with Crippen molar-refractivity contribution in [1.82, 2.24) is 5.32 Å². The first-order valence-corrected chi connectivity index (χ1v) is 6.40. The Balaban J connectivity index is 2.38. The second kappa shape index (κ2) is 5.89. The van der Waals surface area contributed by atoms with E-state index in [2.05, 4.69) is 36.6 Å². The monoisotopic (exact) mass is 248 g/mol. The molecule has 18 heavy (non-hydrogen) atoms. The average Bonchev–Trinajstić information content (AvgIpc) is 2.20. The molecule has 0 radical (unpaired) electrons. The molecule has 0 heterocycles. The molecule has 1 aromatic rings. The molecule has 0 fully saturated rings. The van der Waals surface area contributed by atoms with E-state index in [4.69, 9.17) is 0 Å². The Hall–Kier alpha value is -1.51. The van der Waals surface area contributed by atoms with Gasteiger partial charge in [-0.1, -0.05) is 6.07 Å². The fourth-order valence-electron chi connectivity index (χ4n) is 1.65. The van der Waals surface area contributed by atoms with E-state index >= 15 is 0 Å². The van der Waals surface area contributed by atoms with Gasteiger partial charge in [0.1, 0.15) is 0 Å². The molecule has 3 nitrogen and oxygen atoms in total. The SMILES string of the molecule is Cc1ccc(NCCC(=O)NC(C)(C)C)cc1C. The Morgan fingerprint density at radius 3 is 2.39 bits per heavy atom. The maximum atomic E-state index is 11.6. The summed E-state index contributed by atoms with van der Waals surface area (Å²) >= 11 is 0. The molecule has 0 saturated carbocycles. The van der Waals surface area contributed by atoms with Gasteiger partial charge in [-0.15, -0.1) is 0 Å². The number of anilines is 1. The lowest BCUT2D eigenvalue weighted by Gasteiger charge is -2.20. The van der Waals surface area contributed by atoms with Gasteiger partial charge in [0.05, 0.1) is 0 Å². The number of rotatable bonds is 4. The summed E-state index contributed by atoms with van der Waals surface area (Å²) in [6.07, 6.45) is 0.490. The van der Waals surface area contributed by atoms with E-state index in [0.717, 1.165) is 5.69 Å². The van der Waals surface area contributed by atoms with Crippen molar-refractivity contribution < 1.29 is 4.79 Å². The minimum atomic E-state index is -0.155. The third kappa shape index (κ3) is 5.21. The molecular formula is C15H24N2O. The number of carbonyl (C=O) groups is 1. The molecule has 3 heteroatoms. The molecule has 0 atom stereocenters. The summed E-state index contributed by atoms with van der Waals surface area (Å²) in [5.41, 5.74) is 3.46. The van der Waals surface area contributed by atoms with Crippen LogP contribution in [0.2, 0.25) is 0 Å². The van der Waals surface area contributed by atoms with E-state index in [1.54, 1.807) is 0 Å². The molecule has 2 N–H and O–H groups in total. The molecular weight excluding hydrogens is 224 g/mol. The molecule has 0 saturated heterocycles. The zero-order chi connectivity index (χ0) is 13.8. The van der Waals surface area contributed by atoms with Crippen LogP contribution in [0.3, 0.4) is 0 Å². The largest absolute Gasteiger partial charge is 0.385 e. The second-order valence-electron chi connectivity index (χ2n) is 5.77. The van der Waals surface area contributed by atoms with E-state index in [-0.39, 0.29) is 11.4 Å². The highest BCUT2D eigenvalue weighted by Crippen LogP contribution is 2.13. The molecule has 0 aliphatic carbocycles. The van der Waals surface area contributed by atoms with Gasteiger partial charge < -0.3 is 10.6 Å². The van der Waals surface area contributed by atoms with Crippen LogP contribution in [0.25, 0.3) is 0 Å². The van der Waals surface area contributed by atoms with Crippen molar-refractivity contribution in [3.05, 3.63) is 29.3 Å². The predicted molar refractivity (Wildman–Crippen MR) is 76.9 cm³/mol. The quantitative estimate of drug-likeness (QED) is 0.860. The lowest BCUT2D eigenvalue weighted by Crippen LogP contribution is -2.41. The van der Waals surface area contributed by atoms with Crippen molar-refractivity contribution in [1.29, 1.82) is 0 Å². The van der Waals surface area contributed by atoms with Crippen molar-refractivity contribution in [2.24, 2.45) is 0 Å². The smallest absolute Gasteiger partial charge is 0.222 e. The standard InChI is InChI=1S/C15H24N2O/c1-11-6-7-13(10-12(11)2)16-9-8-14(18)17-15(3,4)5/h6-7,10,16H,8-9H2,1-5H3,(H,17,18). The third-order valence-electron chi connectivity index (χ3n) is 2.70. The first-order valence-electron chi connectivity index (χ1n) is 6.40. The first kappa shape index (κ1) is 14.6. The molecule has 1 aromatic carbocycles. The molecule has 0 bridgehead atoms. The predicted octanol–water partition coefficient (Wildman–Crippen LogP) is 3.02. The summed E-state index contributed by atoms with van der Waals surface area (Å²) in [6.45, 7) is 10.8. The first-order chi connectivity index (χ1) is 8.28. The van der Waals surface area contributed by atoms with Crippen LogP contribution in [0.5, 0.6) is 0 Å². The summed E-state index contributed by atoms with van der Waals surface area (Å²) in [4.78, 5) is 11.6. The lowest BCUT2D eigenvalue weighted by molar-refractivity contribution is -0.122. The van der Waals surface area contributed by atoms with Crippen LogP contribution in [0, 0.1) is 13.8 Å². The van der Waals surface area contributed by atoms with Crippen LogP contribution >= 0.6 is 0 Å². The average molecular weight is 248 g/mol. The number of hydrogen-bond acceptors (Lipinski definition) is 2. The molecule has 0 unspecified atom stereocenters. The van der Waals surface area contributed by atoms with Crippen LogP contribution in [0.15, 0.2) is 18.2 Å². The van der Waals surface area contributed by atoms with Crippen LogP contribution in [-0.4, -0.2) is 18.0 Å². The van der Waals surface area contributed by atoms with Crippen LogP contribution in [0.4, 0.5) is 5.69 Å². The summed E-state index contributed by atoms with van der Waals surface area (Å²) < 4.78 is 0. The summed E-state index contributed by atoms with van der Waals surface area (Å²) in [7, 11) is 0. The Labute approximate surface area is 110 Å².